The monoisotopic (exact) mass is 351 g/mol. The van der Waals surface area contributed by atoms with Crippen LogP contribution < -0.4 is 5.32 Å². The topological polar surface area (TPSA) is 54.9 Å². The SMILES string of the molecule is CC(C)(C)c1ccc(NC(=O)Cc2csc(-c3cccnc3)n2)cc1. The van der Waals surface area contributed by atoms with Gasteiger partial charge in [0.05, 0.1) is 12.1 Å². The molecule has 0 saturated heterocycles. The molecular weight excluding hydrogens is 330 g/mol. The second-order valence-electron chi connectivity index (χ2n) is 6.94. The maximum atomic E-state index is 12.3. The predicted octanol–water partition coefficient (Wildman–Crippen LogP) is 4.68. The molecule has 0 unspecified atom stereocenters. The Kier molecular flexibility index (Phi) is 4.95. The molecule has 0 fully saturated rings. The Balaban J connectivity index is 1.62. The smallest absolute Gasteiger partial charge is 0.230 e. The fraction of sp³-hybridized carbons (Fsp3) is 0.250. The number of rotatable bonds is 4. The van der Waals surface area contributed by atoms with Gasteiger partial charge >= 0.3 is 0 Å². The highest BCUT2D eigenvalue weighted by Crippen LogP contribution is 2.24. The van der Waals surface area contributed by atoms with Gasteiger partial charge in [0.25, 0.3) is 0 Å². The number of thiazole rings is 1. The van der Waals surface area contributed by atoms with Crippen LogP contribution in [0.15, 0.2) is 54.2 Å². The first-order chi connectivity index (χ1) is 11.9. The van der Waals surface area contributed by atoms with Gasteiger partial charge in [0.1, 0.15) is 5.01 Å². The number of anilines is 1. The average molecular weight is 351 g/mol. The molecule has 3 rings (SSSR count). The standard InChI is InChI=1S/C20H21N3OS/c1-20(2,3)15-6-8-16(9-7-15)22-18(24)11-17-13-25-19(23-17)14-5-4-10-21-12-14/h4-10,12-13H,11H2,1-3H3,(H,22,24). The molecule has 2 heterocycles. The number of carbonyl (C=O) groups excluding carboxylic acids is 1. The molecule has 0 bridgehead atoms. The molecule has 2 aromatic heterocycles. The summed E-state index contributed by atoms with van der Waals surface area (Å²) in [5.74, 6) is -0.0634. The van der Waals surface area contributed by atoms with Crippen LogP contribution in [0.1, 0.15) is 32.0 Å². The quantitative estimate of drug-likeness (QED) is 0.742. The van der Waals surface area contributed by atoms with E-state index in [2.05, 4.69) is 48.2 Å². The molecule has 0 saturated carbocycles. The van der Waals surface area contributed by atoms with Crippen molar-refractivity contribution in [1.82, 2.24) is 9.97 Å². The predicted molar refractivity (Wildman–Crippen MR) is 103 cm³/mol. The second kappa shape index (κ2) is 7.15. The molecule has 0 spiro atoms. The van der Waals surface area contributed by atoms with Crippen LogP contribution in [-0.4, -0.2) is 15.9 Å². The summed E-state index contributed by atoms with van der Waals surface area (Å²) in [6.07, 6.45) is 3.77. The van der Waals surface area contributed by atoms with E-state index in [4.69, 9.17) is 0 Å². The molecule has 1 aromatic carbocycles. The first kappa shape index (κ1) is 17.3. The largest absolute Gasteiger partial charge is 0.326 e. The Morgan fingerprint density at radius 1 is 1.16 bits per heavy atom. The molecule has 1 N–H and O–H groups in total. The van der Waals surface area contributed by atoms with E-state index in [1.807, 2.05) is 29.6 Å². The van der Waals surface area contributed by atoms with Crippen molar-refractivity contribution >= 4 is 22.9 Å². The summed E-state index contributed by atoms with van der Waals surface area (Å²) in [6, 6.07) is 11.8. The van der Waals surface area contributed by atoms with E-state index < -0.39 is 0 Å². The van der Waals surface area contributed by atoms with Crippen molar-refractivity contribution in [2.45, 2.75) is 32.6 Å². The van der Waals surface area contributed by atoms with Gasteiger partial charge in [-0.1, -0.05) is 32.9 Å². The zero-order valence-electron chi connectivity index (χ0n) is 14.6. The summed E-state index contributed by atoms with van der Waals surface area (Å²) < 4.78 is 0. The van der Waals surface area contributed by atoms with Crippen molar-refractivity contribution in [2.75, 3.05) is 5.32 Å². The lowest BCUT2D eigenvalue weighted by Crippen LogP contribution is -2.15. The zero-order valence-corrected chi connectivity index (χ0v) is 15.4. The summed E-state index contributed by atoms with van der Waals surface area (Å²) in [7, 11) is 0. The van der Waals surface area contributed by atoms with Gasteiger partial charge in [0.2, 0.25) is 5.91 Å². The Bertz CT molecular complexity index is 849. The number of carbonyl (C=O) groups is 1. The minimum atomic E-state index is -0.0634. The van der Waals surface area contributed by atoms with E-state index in [0.29, 0.717) is 0 Å². The van der Waals surface area contributed by atoms with Crippen LogP contribution in [0, 0.1) is 0 Å². The lowest BCUT2D eigenvalue weighted by atomic mass is 9.87. The Morgan fingerprint density at radius 3 is 2.56 bits per heavy atom. The molecule has 0 aliphatic carbocycles. The first-order valence-electron chi connectivity index (χ1n) is 8.17. The zero-order chi connectivity index (χ0) is 17.9. The van der Waals surface area contributed by atoms with E-state index in [9.17, 15) is 4.79 Å². The van der Waals surface area contributed by atoms with Gasteiger partial charge in [-0.15, -0.1) is 11.3 Å². The molecule has 4 nitrogen and oxygen atoms in total. The van der Waals surface area contributed by atoms with Crippen molar-refractivity contribution in [1.29, 1.82) is 0 Å². The third-order valence-electron chi connectivity index (χ3n) is 3.84. The number of benzene rings is 1. The molecule has 1 amide bonds. The van der Waals surface area contributed by atoms with Crippen LogP contribution in [0.2, 0.25) is 0 Å². The van der Waals surface area contributed by atoms with Crippen LogP contribution in [0.4, 0.5) is 5.69 Å². The number of amides is 1. The number of pyridine rings is 1. The van der Waals surface area contributed by atoms with Gasteiger partial charge in [0, 0.05) is 29.0 Å². The highest BCUT2D eigenvalue weighted by molar-refractivity contribution is 7.13. The van der Waals surface area contributed by atoms with Gasteiger partial charge in [-0.3, -0.25) is 9.78 Å². The molecule has 25 heavy (non-hydrogen) atoms. The Morgan fingerprint density at radius 2 is 1.92 bits per heavy atom. The summed E-state index contributed by atoms with van der Waals surface area (Å²) in [4.78, 5) is 20.9. The van der Waals surface area contributed by atoms with Crippen molar-refractivity contribution in [3.63, 3.8) is 0 Å². The number of nitrogens with one attached hydrogen (secondary N) is 1. The molecule has 3 aromatic rings. The Hall–Kier alpha value is -2.53. The van der Waals surface area contributed by atoms with Crippen LogP contribution in [-0.2, 0) is 16.6 Å². The van der Waals surface area contributed by atoms with E-state index in [0.717, 1.165) is 22.0 Å². The highest BCUT2D eigenvalue weighted by Gasteiger charge is 2.14. The summed E-state index contributed by atoms with van der Waals surface area (Å²) in [5.41, 5.74) is 3.89. The second-order valence-corrected chi connectivity index (χ2v) is 7.80. The average Bonchev–Trinajstić information content (AvgIpc) is 3.03. The molecule has 0 aliphatic rings. The number of hydrogen-bond donors (Lipinski definition) is 1. The summed E-state index contributed by atoms with van der Waals surface area (Å²) >= 11 is 1.52. The lowest BCUT2D eigenvalue weighted by molar-refractivity contribution is -0.115. The normalized spacial score (nSPS) is 11.3. The third kappa shape index (κ3) is 4.51. The molecular formula is C20H21N3OS. The molecule has 128 valence electrons. The lowest BCUT2D eigenvalue weighted by Gasteiger charge is -2.19. The van der Waals surface area contributed by atoms with E-state index >= 15 is 0 Å². The minimum Gasteiger partial charge on any atom is -0.326 e. The van der Waals surface area contributed by atoms with Crippen LogP contribution >= 0.6 is 11.3 Å². The van der Waals surface area contributed by atoms with Crippen LogP contribution in [0.25, 0.3) is 10.6 Å². The maximum Gasteiger partial charge on any atom is 0.230 e. The van der Waals surface area contributed by atoms with Gasteiger partial charge in [-0.25, -0.2) is 4.98 Å². The van der Waals surface area contributed by atoms with Crippen molar-refractivity contribution in [2.24, 2.45) is 0 Å². The third-order valence-corrected chi connectivity index (χ3v) is 4.78. The molecule has 5 heteroatoms. The van der Waals surface area contributed by atoms with Crippen molar-refractivity contribution in [3.05, 3.63) is 65.4 Å². The van der Waals surface area contributed by atoms with Gasteiger partial charge in [-0.2, -0.15) is 0 Å². The summed E-state index contributed by atoms with van der Waals surface area (Å²) in [6.45, 7) is 6.51. The van der Waals surface area contributed by atoms with Gasteiger partial charge < -0.3 is 5.32 Å². The number of hydrogen-bond acceptors (Lipinski definition) is 4. The first-order valence-corrected chi connectivity index (χ1v) is 9.05. The van der Waals surface area contributed by atoms with Crippen LogP contribution in [0.3, 0.4) is 0 Å². The highest BCUT2D eigenvalue weighted by atomic mass is 32.1. The van der Waals surface area contributed by atoms with E-state index in [1.165, 1.54) is 16.9 Å². The van der Waals surface area contributed by atoms with E-state index in [1.54, 1.807) is 12.4 Å². The number of nitrogens with zero attached hydrogens (tertiary/aromatic N) is 2. The van der Waals surface area contributed by atoms with Crippen molar-refractivity contribution in [3.8, 4) is 10.6 Å². The fourth-order valence-electron chi connectivity index (χ4n) is 2.43. The molecule has 0 radical (unpaired) electrons. The van der Waals surface area contributed by atoms with E-state index in [-0.39, 0.29) is 17.7 Å². The van der Waals surface area contributed by atoms with Crippen molar-refractivity contribution < 1.29 is 4.79 Å². The fourth-order valence-corrected chi connectivity index (χ4v) is 3.24. The molecule has 0 aliphatic heterocycles. The number of aromatic nitrogens is 2. The maximum absolute atomic E-state index is 12.3. The molecule has 0 atom stereocenters. The minimum absolute atomic E-state index is 0.0634. The summed E-state index contributed by atoms with van der Waals surface area (Å²) in [5, 5.41) is 5.73. The van der Waals surface area contributed by atoms with Gasteiger partial charge in [0.15, 0.2) is 0 Å². The van der Waals surface area contributed by atoms with Gasteiger partial charge in [-0.05, 0) is 35.2 Å². The Labute approximate surface area is 152 Å². The van der Waals surface area contributed by atoms with Crippen LogP contribution in [0.5, 0.6) is 0 Å².